The first-order chi connectivity index (χ1) is 5.20. The number of ether oxygens (including phenoxy) is 1. The summed E-state index contributed by atoms with van der Waals surface area (Å²) in [4.78, 5) is 0. The highest BCUT2D eigenvalue weighted by molar-refractivity contribution is 5.09. The molecular formula is C10H18O. The Morgan fingerprint density at radius 2 is 2.00 bits per heavy atom. The lowest BCUT2D eigenvalue weighted by atomic mass is 10.2. The van der Waals surface area contributed by atoms with Gasteiger partial charge in [-0.25, -0.2) is 0 Å². The second-order valence-corrected chi connectivity index (χ2v) is 2.90. The van der Waals surface area contributed by atoms with E-state index in [-0.39, 0.29) is 0 Å². The SMILES string of the molecule is C/C=C\C(=C/C)OCC(C)C. The molecule has 0 spiro atoms. The molecular weight excluding hydrogens is 136 g/mol. The van der Waals surface area contributed by atoms with Gasteiger partial charge in [0.15, 0.2) is 0 Å². The van der Waals surface area contributed by atoms with Crippen LogP contribution in [0.2, 0.25) is 0 Å². The van der Waals surface area contributed by atoms with Crippen LogP contribution >= 0.6 is 0 Å². The zero-order chi connectivity index (χ0) is 8.69. The minimum Gasteiger partial charge on any atom is -0.494 e. The Balaban J connectivity index is 3.72. The van der Waals surface area contributed by atoms with E-state index in [9.17, 15) is 0 Å². The van der Waals surface area contributed by atoms with Gasteiger partial charge in [-0.2, -0.15) is 0 Å². The predicted octanol–water partition coefficient (Wildman–Crippen LogP) is 3.14. The van der Waals surface area contributed by atoms with Crippen LogP contribution in [0.15, 0.2) is 24.0 Å². The largest absolute Gasteiger partial charge is 0.494 e. The van der Waals surface area contributed by atoms with Crippen molar-refractivity contribution in [1.29, 1.82) is 0 Å². The molecule has 0 amide bonds. The average Bonchev–Trinajstić information content (AvgIpc) is 1.97. The maximum atomic E-state index is 5.47. The Morgan fingerprint density at radius 3 is 2.36 bits per heavy atom. The quantitative estimate of drug-likeness (QED) is 0.446. The maximum absolute atomic E-state index is 5.47. The van der Waals surface area contributed by atoms with E-state index in [1.807, 2.05) is 32.1 Å². The molecule has 11 heavy (non-hydrogen) atoms. The predicted molar refractivity (Wildman–Crippen MR) is 49.4 cm³/mol. The summed E-state index contributed by atoms with van der Waals surface area (Å²) in [6, 6.07) is 0. The van der Waals surface area contributed by atoms with Crippen LogP contribution < -0.4 is 0 Å². The van der Waals surface area contributed by atoms with Gasteiger partial charge < -0.3 is 4.74 Å². The van der Waals surface area contributed by atoms with E-state index in [0.717, 1.165) is 12.4 Å². The van der Waals surface area contributed by atoms with E-state index in [0.29, 0.717) is 5.92 Å². The van der Waals surface area contributed by atoms with Gasteiger partial charge in [0.05, 0.1) is 6.61 Å². The monoisotopic (exact) mass is 154 g/mol. The highest BCUT2D eigenvalue weighted by Crippen LogP contribution is 2.02. The van der Waals surface area contributed by atoms with Crippen molar-refractivity contribution in [3.05, 3.63) is 24.0 Å². The lowest BCUT2D eigenvalue weighted by molar-refractivity contribution is 0.189. The van der Waals surface area contributed by atoms with E-state index in [2.05, 4.69) is 13.8 Å². The van der Waals surface area contributed by atoms with E-state index in [1.54, 1.807) is 0 Å². The average molecular weight is 154 g/mol. The third-order valence-electron chi connectivity index (χ3n) is 1.20. The molecule has 0 aliphatic carbocycles. The van der Waals surface area contributed by atoms with Crippen molar-refractivity contribution in [3.63, 3.8) is 0 Å². The number of hydrogen-bond acceptors (Lipinski definition) is 1. The fourth-order valence-electron chi connectivity index (χ4n) is 0.655. The molecule has 64 valence electrons. The third-order valence-corrected chi connectivity index (χ3v) is 1.20. The summed E-state index contributed by atoms with van der Waals surface area (Å²) >= 11 is 0. The van der Waals surface area contributed by atoms with E-state index < -0.39 is 0 Å². The summed E-state index contributed by atoms with van der Waals surface area (Å²) in [7, 11) is 0. The van der Waals surface area contributed by atoms with Crippen molar-refractivity contribution >= 4 is 0 Å². The Hall–Kier alpha value is -0.720. The molecule has 0 saturated carbocycles. The second kappa shape index (κ2) is 6.02. The normalized spacial score (nSPS) is 13.0. The second-order valence-electron chi connectivity index (χ2n) is 2.90. The van der Waals surface area contributed by atoms with E-state index in [1.165, 1.54) is 0 Å². The first-order valence-corrected chi connectivity index (χ1v) is 4.12. The third kappa shape index (κ3) is 5.71. The summed E-state index contributed by atoms with van der Waals surface area (Å²) in [5, 5.41) is 0. The minimum atomic E-state index is 0.593. The molecule has 0 bridgehead atoms. The van der Waals surface area contributed by atoms with Crippen LogP contribution in [0.25, 0.3) is 0 Å². The fraction of sp³-hybridized carbons (Fsp3) is 0.600. The van der Waals surface area contributed by atoms with Gasteiger partial charge in [-0.3, -0.25) is 0 Å². The lowest BCUT2D eigenvalue weighted by Gasteiger charge is -2.08. The van der Waals surface area contributed by atoms with Gasteiger partial charge in [-0.1, -0.05) is 19.9 Å². The Kier molecular flexibility index (Phi) is 5.63. The maximum Gasteiger partial charge on any atom is 0.114 e. The molecule has 0 heterocycles. The molecule has 0 aromatic rings. The number of allylic oxidation sites excluding steroid dienone is 3. The molecule has 1 heteroatoms. The van der Waals surface area contributed by atoms with Gasteiger partial charge >= 0.3 is 0 Å². The van der Waals surface area contributed by atoms with Gasteiger partial charge in [0.2, 0.25) is 0 Å². The van der Waals surface area contributed by atoms with Crippen molar-refractivity contribution in [2.45, 2.75) is 27.7 Å². The molecule has 0 fully saturated rings. The molecule has 0 N–H and O–H groups in total. The lowest BCUT2D eigenvalue weighted by Crippen LogP contribution is -2.00. The molecule has 0 radical (unpaired) electrons. The zero-order valence-electron chi connectivity index (χ0n) is 7.92. The van der Waals surface area contributed by atoms with Gasteiger partial charge in [0.1, 0.15) is 5.76 Å². The topological polar surface area (TPSA) is 9.23 Å². The first-order valence-electron chi connectivity index (χ1n) is 4.12. The van der Waals surface area contributed by atoms with Crippen molar-refractivity contribution in [3.8, 4) is 0 Å². The van der Waals surface area contributed by atoms with Crippen LogP contribution in [0.5, 0.6) is 0 Å². The summed E-state index contributed by atoms with van der Waals surface area (Å²) in [6.45, 7) is 9.05. The molecule has 0 aromatic heterocycles. The summed E-state index contributed by atoms with van der Waals surface area (Å²) in [5.41, 5.74) is 0. The van der Waals surface area contributed by atoms with Crippen molar-refractivity contribution in [1.82, 2.24) is 0 Å². The standard InChI is InChI=1S/C10H18O/c1-5-7-10(6-2)11-8-9(3)4/h5-7,9H,8H2,1-4H3/b7-5-,10-6+. The van der Waals surface area contributed by atoms with Gasteiger partial charge in [-0.05, 0) is 31.9 Å². The van der Waals surface area contributed by atoms with Crippen molar-refractivity contribution in [2.75, 3.05) is 6.61 Å². The highest BCUT2D eigenvalue weighted by atomic mass is 16.5. The first kappa shape index (κ1) is 10.3. The van der Waals surface area contributed by atoms with E-state index in [4.69, 9.17) is 4.74 Å². The molecule has 0 atom stereocenters. The molecule has 0 unspecified atom stereocenters. The zero-order valence-corrected chi connectivity index (χ0v) is 7.92. The minimum absolute atomic E-state index is 0.593. The summed E-state index contributed by atoms with van der Waals surface area (Å²) in [5.74, 6) is 1.55. The molecule has 0 aliphatic heterocycles. The fourth-order valence-corrected chi connectivity index (χ4v) is 0.655. The summed E-state index contributed by atoms with van der Waals surface area (Å²) < 4.78 is 5.47. The summed E-state index contributed by atoms with van der Waals surface area (Å²) in [6.07, 6.45) is 5.93. The Bertz CT molecular complexity index is 143. The van der Waals surface area contributed by atoms with Crippen LogP contribution in [-0.4, -0.2) is 6.61 Å². The van der Waals surface area contributed by atoms with Crippen LogP contribution in [0.3, 0.4) is 0 Å². The van der Waals surface area contributed by atoms with Crippen LogP contribution in [0.1, 0.15) is 27.7 Å². The molecule has 1 nitrogen and oxygen atoms in total. The Morgan fingerprint density at radius 1 is 1.36 bits per heavy atom. The van der Waals surface area contributed by atoms with Crippen LogP contribution in [0, 0.1) is 5.92 Å². The smallest absolute Gasteiger partial charge is 0.114 e. The van der Waals surface area contributed by atoms with Gasteiger partial charge in [0.25, 0.3) is 0 Å². The van der Waals surface area contributed by atoms with Crippen LogP contribution in [-0.2, 0) is 4.74 Å². The van der Waals surface area contributed by atoms with Crippen molar-refractivity contribution in [2.24, 2.45) is 5.92 Å². The highest BCUT2D eigenvalue weighted by Gasteiger charge is 1.94. The van der Waals surface area contributed by atoms with Crippen molar-refractivity contribution < 1.29 is 4.74 Å². The molecule has 0 saturated heterocycles. The van der Waals surface area contributed by atoms with Crippen LogP contribution in [0.4, 0.5) is 0 Å². The number of rotatable bonds is 4. The van der Waals surface area contributed by atoms with E-state index >= 15 is 0 Å². The Labute approximate surface area is 69.8 Å². The molecule has 0 rings (SSSR count). The molecule has 0 aromatic carbocycles. The van der Waals surface area contributed by atoms with Gasteiger partial charge in [0, 0.05) is 0 Å². The molecule has 0 aliphatic rings. The van der Waals surface area contributed by atoms with Gasteiger partial charge in [-0.15, -0.1) is 0 Å². The number of hydrogen-bond donors (Lipinski definition) is 0.